The van der Waals surface area contributed by atoms with Crippen LogP contribution in [0.25, 0.3) is 11.0 Å². The minimum atomic E-state index is -0.699. The minimum absolute atomic E-state index is 0.0532. The summed E-state index contributed by atoms with van der Waals surface area (Å²) >= 11 is 0. The van der Waals surface area contributed by atoms with Crippen molar-refractivity contribution in [2.24, 2.45) is 0 Å². The fourth-order valence-electron chi connectivity index (χ4n) is 3.47. The zero-order valence-corrected chi connectivity index (χ0v) is 15.3. The summed E-state index contributed by atoms with van der Waals surface area (Å²) in [5.41, 5.74) is 0.0467. The van der Waals surface area contributed by atoms with Crippen molar-refractivity contribution in [1.82, 2.24) is 4.90 Å². The van der Waals surface area contributed by atoms with Gasteiger partial charge in [-0.05, 0) is 31.0 Å². The molecule has 0 spiro atoms. The number of carbonyl (C=O) groups excluding carboxylic acids is 1. The number of rotatable bonds is 5. The van der Waals surface area contributed by atoms with Crippen LogP contribution in [0.1, 0.15) is 28.8 Å². The predicted octanol–water partition coefficient (Wildman–Crippen LogP) is 3.75. The highest BCUT2D eigenvalue weighted by molar-refractivity contribution is 5.96. The van der Waals surface area contributed by atoms with E-state index in [1.807, 2.05) is 0 Å². The second kappa shape index (κ2) is 7.94. The zero-order chi connectivity index (χ0) is 19.5. The number of para-hydroxylation sites is 1. The van der Waals surface area contributed by atoms with Crippen LogP contribution in [0.5, 0.6) is 0 Å². The quantitative estimate of drug-likeness (QED) is 0.632. The first-order valence-electron chi connectivity index (χ1n) is 9.29. The molecule has 1 atom stereocenters. The maximum Gasteiger partial charge on any atom is 0.349 e. The molecule has 1 aliphatic heterocycles. The van der Waals surface area contributed by atoms with Gasteiger partial charge in [0.05, 0.1) is 6.10 Å². The molecule has 0 aliphatic carbocycles. The Morgan fingerprint density at radius 1 is 1.14 bits per heavy atom. The molecule has 6 heteroatoms. The van der Waals surface area contributed by atoms with Crippen molar-refractivity contribution >= 4 is 16.9 Å². The molecule has 28 heavy (non-hydrogen) atoms. The van der Waals surface area contributed by atoms with Crippen LogP contribution >= 0.6 is 0 Å². The second-order valence-corrected chi connectivity index (χ2v) is 6.90. The third kappa shape index (κ3) is 3.82. The highest BCUT2D eigenvalue weighted by Crippen LogP contribution is 2.19. The van der Waals surface area contributed by atoms with Gasteiger partial charge in [-0.2, -0.15) is 0 Å². The van der Waals surface area contributed by atoms with Crippen molar-refractivity contribution in [2.45, 2.75) is 25.5 Å². The Kier molecular flexibility index (Phi) is 5.21. The van der Waals surface area contributed by atoms with Crippen LogP contribution in [-0.2, 0) is 11.3 Å². The number of hydrogen-bond donors (Lipinski definition) is 0. The lowest BCUT2D eigenvalue weighted by Gasteiger charge is -2.25. The van der Waals surface area contributed by atoms with Gasteiger partial charge in [0.2, 0.25) is 0 Å². The van der Waals surface area contributed by atoms with E-state index in [1.54, 1.807) is 42.5 Å². The van der Waals surface area contributed by atoms with Gasteiger partial charge in [0, 0.05) is 30.6 Å². The van der Waals surface area contributed by atoms with Crippen LogP contribution in [0, 0.1) is 5.82 Å². The molecule has 2 heterocycles. The Morgan fingerprint density at radius 3 is 2.71 bits per heavy atom. The van der Waals surface area contributed by atoms with Gasteiger partial charge in [0.25, 0.3) is 5.91 Å². The predicted molar refractivity (Wildman–Crippen MR) is 103 cm³/mol. The number of carbonyl (C=O) groups is 1. The van der Waals surface area contributed by atoms with Crippen molar-refractivity contribution in [3.05, 3.63) is 82.0 Å². The van der Waals surface area contributed by atoms with Crippen LogP contribution in [0.3, 0.4) is 0 Å². The van der Waals surface area contributed by atoms with Crippen LogP contribution in [0.4, 0.5) is 4.39 Å². The third-order valence-electron chi connectivity index (χ3n) is 4.93. The summed E-state index contributed by atoms with van der Waals surface area (Å²) in [5.74, 6) is -0.878. The molecule has 3 aromatic rings. The highest BCUT2D eigenvalue weighted by Gasteiger charge is 2.26. The molecule has 2 aromatic carbocycles. The van der Waals surface area contributed by atoms with Crippen molar-refractivity contribution in [3.8, 4) is 0 Å². The molecule has 1 amide bonds. The van der Waals surface area contributed by atoms with Gasteiger partial charge in [-0.1, -0.05) is 36.4 Å². The number of ether oxygens (including phenoxy) is 1. The average Bonchev–Trinajstić information content (AvgIpc) is 3.21. The Labute approximate surface area is 161 Å². The fraction of sp³-hybridized carbons (Fsp3) is 0.273. The monoisotopic (exact) mass is 381 g/mol. The standard InChI is InChI=1S/C22H20FNO4/c23-19-9-3-1-7-16(19)13-24(14-17-8-5-11-27-17)21(25)18-12-15-6-2-4-10-20(15)28-22(18)26/h1-4,6-7,9-10,12,17H,5,8,11,13-14H2/t17-/m0/s1. The van der Waals surface area contributed by atoms with E-state index in [0.29, 0.717) is 29.7 Å². The largest absolute Gasteiger partial charge is 0.422 e. The number of fused-ring (bicyclic) bond motifs is 1. The molecule has 0 radical (unpaired) electrons. The molecule has 1 saturated heterocycles. The molecular formula is C22H20FNO4. The Morgan fingerprint density at radius 2 is 1.93 bits per heavy atom. The van der Waals surface area contributed by atoms with Crippen LogP contribution in [0.2, 0.25) is 0 Å². The zero-order valence-electron chi connectivity index (χ0n) is 15.3. The molecule has 0 bridgehead atoms. The van der Waals surface area contributed by atoms with E-state index in [9.17, 15) is 14.0 Å². The van der Waals surface area contributed by atoms with Crippen LogP contribution in [-0.4, -0.2) is 30.1 Å². The van der Waals surface area contributed by atoms with E-state index >= 15 is 0 Å². The van der Waals surface area contributed by atoms with Gasteiger partial charge < -0.3 is 14.1 Å². The van der Waals surface area contributed by atoms with Gasteiger partial charge in [0.15, 0.2) is 0 Å². The van der Waals surface area contributed by atoms with Gasteiger partial charge in [-0.15, -0.1) is 0 Å². The van der Waals surface area contributed by atoms with Gasteiger partial charge in [-0.25, -0.2) is 9.18 Å². The van der Waals surface area contributed by atoms with Gasteiger partial charge in [0.1, 0.15) is 17.0 Å². The summed E-state index contributed by atoms with van der Waals surface area (Å²) in [7, 11) is 0. The second-order valence-electron chi connectivity index (χ2n) is 6.90. The van der Waals surface area contributed by atoms with E-state index in [-0.39, 0.29) is 18.2 Å². The normalized spacial score (nSPS) is 16.4. The Balaban J connectivity index is 1.68. The number of hydrogen-bond acceptors (Lipinski definition) is 4. The molecule has 144 valence electrons. The number of halogens is 1. The van der Waals surface area contributed by atoms with E-state index < -0.39 is 17.3 Å². The summed E-state index contributed by atoms with van der Waals surface area (Å²) in [5, 5.41) is 0.661. The summed E-state index contributed by atoms with van der Waals surface area (Å²) in [6.07, 6.45) is 1.63. The van der Waals surface area contributed by atoms with E-state index in [4.69, 9.17) is 9.15 Å². The average molecular weight is 381 g/mol. The molecule has 0 saturated carbocycles. The topological polar surface area (TPSA) is 59.8 Å². The third-order valence-corrected chi connectivity index (χ3v) is 4.93. The lowest BCUT2D eigenvalue weighted by molar-refractivity contribution is 0.0502. The van der Waals surface area contributed by atoms with Crippen molar-refractivity contribution < 1.29 is 18.3 Å². The first-order chi connectivity index (χ1) is 13.6. The number of nitrogens with zero attached hydrogens (tertiary/aromatic N) is 1. The van der Waals surface area contributed by atoms with E-state index in [0.717, 1.165) is 12.8 Å². The van der Waals surface area contributed by atoms with Crippen LogP contribution < -0.4 is 5.63 Å². The molecule has 1 fully saturated rings. The summed E-state index contributed by atoms with van der Waals surface area (Å²) < 4.78 is 25.1. The molecule has 0 unspecified atom stereocenters. The molecule has 5 nitrogen and oxygen atoms in total. The maximum atomic E-state index is 14.2. The molecule has 4 rings (SSSR count). The maximum absolute atomic E-state index is 14.2. The van der Waals surface area contributed by atoms with Gasteiger partial charge >= 0.3 is 5.63 Å². The van der Waals surface area contributed by atoms with E-state index in [2.05, 4.69) is 0 Å². The van der Waals surface area contributed by atoms with Crippen molar-refractivity contribution in [3.63, 3.8) is 0 Å². The van der Waals surface area contributed by atoms with Crippen LogP contribution in [0.15, 0.2) is 63.8 Å². The minimum Gasteiger partial charge on any atom is -0.422 e. The van der Waals surface area contributed by atoms with Crippen molar-refractivity contribution in [1.29, 1.82) is 0 Å². The SMILES string of the molecule is O=C(c1cc2ccccc2oc1=O)N(Cc1ccccc1F)C[C@@H]1CCCO1. The first kappa shape index (κ1) is 18.4. The van der Waals surface area contributed by atoms with Gasteiger partial charge in [-0.3, -0.25) is 4.79 Å². The lowest BCUT2D eigenvalue weighted by atomic mass is 10.1. The lowest BCUT2D eigenvalue weighted by Crippen LogP contribution is -2.39. The molecule has 1 aromatic heterocycles. The highest BCUT2D eigenvalue weighted by atomic mass is 19.1. The smallest absolute Gasteiger partial charge is 0.349 e. The fourth-order valence-corrected chi connectivity index (χ4v) is 3.47. The Hall–Kier alpha value is -2.99. The summed E-state index contributed by atoms with van der Waals surface area (Å²) in [6.45, 7) is 0.988. The molecule has 0 N–H and O–H groups in total. The number of benzene rings is 2. The first-order valence-corrected chi connectivity index (χ1v) is 9.29. The Bertz CT molecular complexity index is 1060. The number of amides is 1. The van der Waals surface area contributed by atoms with Crippen molar-refractivity contribution in [2.75, 3.05) is 13.2 Å². The van der Waals surface area contributed by atoms with E-state index in [1.165, 1.54) is 17.0 Å². The molecule has 1 aliphatic rings. The summed E-state index contributed by atoms with van der Waals surface area (Å²) in [4.78, 5) is 27.1. The summed E-state index contributed by atoms with van der Waals surface area (Å²) in [6, 6.07) is 14.9. The molecular weight excluding hydrogens is 361 g/mol.